The molecule has 2 heteroatoms. The highest BCUT2D eigenvalue weighted by atomic mass is 32.2. The molecule has 0 aliphatic heterocycles. The van der Waals surface area contributed by atoms with Crippen LogP contribution < -0.4 is 0 Å². The van der Waals surface area contributed by atoms with Crippen molar-refractivity contribution in [1.82, 2.24) is 0 Å². The van der Waals surface area contributed by atoms with Crippen molar-refractivity contribution in [3.8, 4) is 0 Å². The number of allylic oxidation sites excluding steroid dienone is 9. The van der Waals surface area contributed by atoms with Gasteiger partial charge in [-0.1, -0.05) is 101 Å². The zero-order valence-corrected chi connectivity index (χ0v) is 26.8. The lowest BCUT2D eigenvalue weighted by atomic mass is 9.58. The van der Waals surface area contributed by atoms with E-state index in [1.54, 1.807) is 11.1 Å². The second-order valence-corrected chi connectivity index (χ2v) is 13.6. The molecule has 0 aromatic rings. The maximum absolute atomic E-state index is 4.86. The first kappa shape index (κ1) is 32.4. The van der Waals surface area contributed by atoms with Gasteiger partial charge in [-0.15, -0.1) is 31.0 Å². The van der Waals surface area contributed by atoms with Gasteiger partial charge in [0.2, 0.25) is 0 Å². The lowest BCUT2D eigenvalue weighted by Gasteiger charge is -2.47. The Kier molecular flexibility index (Phi) is 14.2. The van der Waals surface area contributed by atoms with E-state index in [4.69, 9.17) is 12.6 Å². The first-order valence-electron chi connectivity index (χ1n) is 15.1. The van der Waals surface area contributed by atoms with E-state index >= 15 is 0 Å². The Bertz CT molecular complexity index is 870. The van der Waals surface area contributed by atoms with Gasteiger partial charge < -0.3 is 0 Å². The Morgan fingerprint density at radius 2 is 1.97 bits per heavy atom. The third-order valence-electron chi connectivity index (χ3n) is 9.56. The van der Waals surface area contributed by atoms with Gasteiger partial charge in [-0.3, -0.25) is 0 Å². The Labute approximate surface area is 240 Å². The largest absolute Gasteiger partial charge is 0.144 e. The maximum Gasteiger partial charge on any atom is 0.00261 e. The monoisotopic (exact) mass is 540 g/mol. The summed E-state index contributed by atoms with van der Waals surface area (Å²) >= 11 is 6.87. The van der Waals surface area contributed by atoms with Crippen LogP contribution in [0.2, 0.25) is 0 Å². The van der Waals surface area contributed by atoms with Crippen molar-refractivity contribution < 1.29 is 0 Å². The first-order chi connectivity index (χ1) is 17.7. The molecule has 0 N–H and O–H groups in total. The molecule has 0 amide bonds. The van der Waals surface area contributed by atoms with Crippen LogP contribution in [0.15, 0.2) is 70.1 Å². The Hall–Kier alpha value is -0.860. The van der Waals surface area contributed by atoms with Crippen LogP contribution in [0.3, 0.4) is 0 Å². The van der Waals surface area contributed by atoms with Crippen LogP contribution in [0.1, 0.15) is 106 Å². The summed E-state index contributed by atoms with van der Waals surface area (Å²) in [6.45, 7) is 21.0. The lowest BCUT2D eigenvalue weighted by molar-refractivity contribution is 0.0508. The van der Waals surface area contributed by atoms with Gasteiger partial charge in [0.1, 0.15) is 0 Å². The van der Waals surface area contributed by atoms with Crippen molar-refractivity contribution in [1.29, 1.82) is 0 Å². The molecular weight excluding hydrogens is 485 g/mol. The highest BCUT2D eigenvalue weighted by molar-refractivity contribution is 8.03. The van der Waals surface area contributed by atoms with Gasteiger partial charge in [0.25, 0.3) is 0 Å². The third kappa shape index (κ3) is 9.10. The van der Waals surface area contributed by atoms with Crippen LogP contribution >= 0.6 is 24.4 Å². The van der Waals surface area contributed by atoms with E-state index in [0.717, 1.165) is 17.7 Å². The molecular formula is C35H56S2. The van der Waals surface area contributed by atoms with Crippen molar-refractivity contribution in [3.63, 3.8) is 0 Å². The zero-order chi connectivity index (χ0) is 27.4. The molecule has 0 nitrogen and oxygen atoms in total. The fraction of sp³-hybridized carbons (Fsp3) is 0.657. The summed E-state index contributed by atoms with van der Waals surface area (Å²) in [6, 6.07) is 0. The smallest absolute Gasteiger partial charge is 0.00261 e. The predicted molar refractivity (Wildman–Crippen MR) is 174 cm³/mol. The highest BCUT2D eigenvalue weighted by Crippen LogP contribution is 2.51. The van der Waals surface area contributed by atoms with Crippen LogP contribution in [-0.2, 0) is 0 Å². The van der Waals surface area contributed by atoms with Gasteiger partial charge in [-0.2, -0.15) is 0 Å². The van der Waals surface area contributed by atoms with Crippen molar-refractivity contribution in [2.45, 2.75) is 106 Å². The van der Waals surface area contributed by atoms with Gasteiger partial charge in [0.05, 0.1) is 0 Å². The number of thiol groups is 1. The van der Waals surface area contributed by atoms with E-state index in [1.165, 1.54) is 55.6 Å². The molecule has 2 aliphatic carbocycles. The summed E-state index contributed by atoms with van der Waals surface area (Å²) in [5.74, 6) is 3.93. The Morgan fingerprint density at radius 3 is 2.62 bits per heavy atom. The molecule has 208 valence electrons. The molecule has 0 saturated carbocycles. The van der Waals surface area contributed by atoms with E-state index in [9.17, 15) is 0 Å². The van der Waals surface area contributed by atoms with Crippen LogP contribution in [-0.4, -0.2) is 5.75 Å². The molecule has 2 rings (SSSR count). The summed E-state index contributed by atoms with van der Waals surface area (Å²) in [5, 5.41) is 0. The number of hydrogen-bond donors (Lipinski definition) is 1. The molecule has 0 radical (unpaired) electrons. The van der Waals surface area contributed by atoms with Crippen LogP contribution in [0, 0.1) is 35.0 Å². The molecule has 0 aromatic heterocycles. The predicted octanol–water partition coefficient (Wildman–Crippen LogP) is 11.8. The highest BCUT2D eigenvalue weighted by Gasteiger charge is 2.43. The zero-order valence-electron chi connectivity index (χ0n) is 25.1. The molecule has 0 aromatic carbocycles. The minimum atomic E-state index is 0.265. The number of unbranched alkanes of at least 4 members (excludes halogenated alkanes) is 1. The Balaban J connectivity index is 2.58. The topological polar surface area (TPSA) is 0 Å². The number of thioether (sulfide) groups is 1. The minimum Gasteiger partial charge on any atom is -0.144 e. The van der Waals surface area contributed by atoms with E-state index in [2.05, 4.69) is 97.6 Å². The number of hydrogen-bond acceptors (Lipinski definition) is 2. The van der Waals surface area contributed by atoms with E-state index < -0.39 is 0 Å². The fourth-order valence-corrected chi connectivity index (χ4v) is 7.84. The maximum atomic E-state index is 4.86. The average molecular weight is 541 g/mol. The molecule has 6 unspecified atom stereocenters. The van der Waals surface area contributed by atoms with Gasteiger partial charge in [0.15, 0.2) is 0 Å². The van der Waals surface area contributed by atoms with Gasteiger partial charge >= 0.3 is 0 Å². The second kappa shape index (κ2) is 16.3. The molecule has 2 aliphatic rings. The standard InChI is InChI=1S/C35H56S2/c1-9-13-22-35(8)27(6)16-17-29(15-11-3)26(5)24-30(18-20-32(12-4)37-23-14-10-2)33-21-19-31(36)25-34(33)28(35)7/h9,12,18-21,25,27-28,30,33-34,36H,1,10-11,13-17,22-24H2,2-8H3/b20-18-,29-26+,32-12+. The van der Waals surface area contributed by atoms with Gasteiger partial charge in [-0.05, 0) is 99.6 Å². The van der Waals surface area contributed by atoms with Crippen molar-refractivity contribution in [2.75, 3.05) is 5.75 Å². The Morgan fingerprint density at radius 1 is 1.22 bits per heavy atom. The van der Waals surface area contributed by atoms with Gasteiger partial charge in [-0.25, -0.2) is 0 Å². The minimum absolute atomic E-state index is 0.265. The number of rotatable bonds is 11. The summed E-state index contributed by atoms with van der Waals surface area (Å²) in [4.78, 5) is 2.55. The summed E-state index contributed by atoms with van der Waals surface area (Å²) in [6.07, 6.45) is 27.7. The second-order valence-electron chi connectivity index (χ2n) is 11.9. The van der Waals surface area contributed by atoms with Crippen molar-refractivity contribution >= 4 is 24.4 Å². The summed E-state index contributed by atoms with van der Waals surface area (Å²) < 4.78 is 0. The summed E-state index contributed by atoms with van der Waals surface area (Å²) in [5.41, 5.74) is 3.62. The van der Waals surface area contributed by atoms with Crippen LogP contribution in [0.4, 0.5) is 0 Å². The van der Waals surface area contributed by atoms with E-state index in [1.807, 2.05) is 11.8 Å². The van der Waals surface area contributed by atoms with Crippen molar-refractivity contribution in [3.05, 3.63) is 70.1 Å². The average Bonchev–Trinajstić information content (AvgIpc) is 2.90. The molecule has 0 fully saturated rings. The summed E-state index contributed by atoms with van der Waals surface area (Å²) in [7, 11) is 0. The van der Waals surface area contributed by atoms with Crippen LogP contribution in [0.25, 0.3) is 0 Å². The molecule has 0 saturated heterocycles. The lowest BCUT2D eigenvalue weighted by Crippen LogP contribution is -2.40. The van der Waals surface area contributed by atoms with Crippen molar-refractivity contribution in [2.24, 2.45) is 35.0 Å². The third-order valence-corrected chi connectivity index (χ3v) is 11.1. The van der Waals surface area contributed by atoms with E-state index in [-0.39, 0.29) is 5.41 Å². The quantitative estimate of drug-likeness (QED) is 0.118. The van der Waals surface area contributed by atoms with Crippen LogP contribution in [0.5, 0.6) is 0 Å². The van der Waals surface area contributed by atoms with E-state index in [0.29, 0.717) is 29.6 Å². The fourth-order valence-electron chi connectivity index (χ4n) is 6.57. The molecule has 0 bridgehead atoms. The van der Waals surface area contributed by atoms with Gasteiger partial charge in [0, 0.05) is 9.81 Å². The number of fused-ring (bicyclic) bond motifs is 1. The first-order valence-corrected chi connectivity index (χ1v) is 16.5. The molecule has 0 spiro atoms. The molecule has 6 atom stereocenters. The normalized spacial score (nSPS) is 33.7. The molecule has 0 heterocycles. The SMILES string of the molecule is C=CCCC1(C)C(C)CC/C(CCC)=C(\C)CC(/C=C\C(=C/C)SCCCC)C2C=CC(S)=CC2C1C. The molecule has 37 heavy (non-hydrogen) atoms.